The van der Waals surface area contributed by atoms with Gasteiger partial charge in [-0.05, 0) is 6.08 Å². The summed E-state index contributed by atoms with van der Waals surface area (Å²) in [6.45, 7) is 0.127. The fraction of sp³-hybridized carbons (Fsp3) is 0.500. The number of allylic oxidation sites excluding steroid dienone is 1. The average molecular weight is 214 g/mol. The predicted molar refractivity (Wildman–Crippen MR) is 52.2 cm³/mol. The van der Waals surface area contributed by atoms with E-state index in [4.69, 9.17) is 14.2 Å². The van der Waals surface area contributed by atoms with Gasteiger partial charge in [-0.3, -0.25) is 4.79 Å². The van der Waals surface area contributed by atoms with Gasteiger partial charge >= 0.3 is 0 Å². The lowest BCUT2D eigenvalue weighted by Gasteiger charge is -2.21. The van der Waals surface area contributed by atoms with Crippen LogP contribution in [0, 0.1) is 0 Å². The number of ether oxygens (including phenoxy) is 3. The first-order valence-electron chi connectivity index (χ1n) is 4.47. The molecule has 1 atom stereocenters. The topological polar surface area (TPSA) is 65.0 Å². The number of aliphatic hydroxyl groups is 1. The van der Waals surface area contributed by atoms with Gasteiger partial charge in [0.1, 0.15) is 18.3 Å². The van der Waals surface area contributed by atoms with Gasteiger partial charge in [0.05, 0.1) is 18.8 Å². The molecule has 5 nitrogen and oxygen atoms in total. The zero-order chi connectivity index (χ0) is 11.3. The van der Waals surface area contributed by atoms with Crippen LogP contribution in [0.1, 0.15) is 6.42 Å². The van der Waals surface area contributed by atoms with Crippen LogP contribution >= 0.6 is 0 Å². The standard InChI is InChI=1S/C10H14O5/c1-13-6-15-7-3-9(12)8(5-11)10(4-7)14-2/h3,5,7,12H,4,6H2,1-2H3. The number of hydrogen-bond donors (Lipinski definition) is 1. The molecule has 0 amide bonds. The summed E-state index contributed by atoms with van der Waals surface area (Å²) in [5.74, 6) is 0.306. The fourth-order valence-corrected chi connectivity index (χ4v) is 1.34. The highest BCUT2D eigenvalue weighted by atomic mass is 16.7. The van der Waals surface area contributed by atoms with Crippen LogP contribution in [0.15, 0.2) is 23.2 Å². The number of rotatable bonds is 5. The van der Waals surface area contributed by atoms with Gasteiger partial charge in [-0.25, -0.2) is 0 Å². The molecule has 0 aromatic heterocycles. The summed E-state index contributed by atoms with van der Waals surface area (Å²) in [5.41, 5.74) is 0.176. The van der Waals surface area contributed by atoms with Crippen molar-refractivity contribution in [2.45, 2.75) is 12.5 Å². The molecule has 0 fully saturated rings. The second-order valence-corrected chi connectivity index (χ2v) is 3.03. The van der Waals surface area contributed by atoms with E-state index in [1.54, 1.807) is 0 Å². The van der Waals surface area contributed by atoms with Gasteiger partial charge in [0, 0.05) is 13.5 Å². The largest absolute Gasteiger partial charge is 0.507 e. The molecule has 0 spiro atoms. The summed E-state index contributed by atoms with van der Waals surface area (Å²) in [6, 6.07) is 0. The first-order chi connectivity index (χ1) is 7.22. The number of carbonyl (C=O) groups excluding carboxylic acids is 1. The molecule has 0 bridgehead atoms. The quantitative estimate of drug-likeness (QED) is 0.544. The van der Waals surface area contributed by atoms with E-state index < -0.39 is 0 Å². The smallest absolute Gasteiger partial charge is 0.157 e. The van der Waals surface area contributed by atoms with Gasteiger partial charge in [-0.2, -0.15) is 0 Å². The second-order valence-electron chi connectivity index (χ2n) is 3.03. The maximum absolute atomic E-state index is 10.7. The van der Waals surface area contributed by atoms with Crippen molar-refractivity contribution in [3.8, 4) is 0 Å². The highest BCUT2D eigenvalue weighted by molar-refractivity contribution is 5.80. The third-order valence-electron chi connectivity index (χ3n) is 2.07. The van der Waals surface area contributed by atoms with Gasteiger partial charge in [0.15, 0.2) is 6.29 Å². The molecule has 1 aliphatic rings. The molecule has 1 rings (SSSR count). The fourth-order valence-electron chi connectivity index (χ4n) is 1.34. The Morgan fingerprint density at radius 1 is 1.60 bits per heavy atom. The summed E-state index contributed by atoms with van der Waals surface area (Å²) in [7, 11) is 2.96. The number of carbonyl (C=O) groups is 1. The number of aldehydes is 1. The van der Waals surface area contributed by atoms with Crippen LogP contribution in [-0.2, 0) is 19.0 Å². The Balaban J connectivity index is 2.75. The Labute approximate surface area is 87.9 Å². The molecule has 0 saturated carbocycles. The molecule has 5 heteroatoms. The summed E-state index contributed by atoms with van der Waals surface area (Å²) >= 11 is 0. The van der Waals surface area contributed by atoms with Crippen LogP contribution in [0.3, 0.4) is 0 Å². The van der Waals surface area contributed by atoms with Gasteiger partial charge in [-0.1, -0.05) is 0 Å². The SMILES string of the molecule is COCOC1C=C(O)C(C=O)=C(OC)C1. The normalized spacial score (nSPS) is 21.2. The number of methoxy groups -OCH3 is 2. The van der Waals surface area contributed by atoms with Gasteiger partial charge < -0.3 is 19.3 Å². The molecule has 1 unspecified atom stereocenters. The Hall–Kier alpha value is -1.33. The Bertz CT molecular complexity index is 292. The lowest BCUT2D eigenvalue weighted by atomic mass is 10.0. The monoisotopic (exact) mass is 214 g/mol. The average Bonchev–Trinajstić information content (AvgIpc) is 2.25. The van der Waals surface area contributed by atoms with Crippen molar-refractivity contribution >= 4 is 6.29 Å². The van der Waals surface area contributed by atoms with Crippen LogP contribution in [-0.4, -0.2) is 38.5 Å². The van der Waals surface area contributed by atoms with Gasteiger partial charge in [-0.15, -0.1) is 0 Å². The summed E-state index contributed by atoms with van der Waals surface area (Å²) < 4.78 is 15.0. The highest BCUT2D eigenvalue weighted by Crippen LogP contribution is 2.24. The Kier molecular flexibility index (Phi) is 4.33. The second kappa shape index (κ2) is 5.53. The van der Waals surface area contributed by atoms with E-state index >= 15 is 0 Å². The third kappa shape index (κ3) is 2.81. The lowest BCUT2D eigenvalue weighted by Crippen LogP contribution is -2.20. The molecule has 0 aromatic rings. The minimum Gasteiger partial charge on any atom is -0.507 e. The number of aliphatic hydroxyl groups excluding tert-OH is 1. The molecule has 0 heterocycles. The van der Waals surface area contributed by atoms with E-state index in [-0.39, 0.29) is 24.2 Å². The molecule has 0 saturated heterocycles. The van der Waals surface area contributed by atoms with E-state index in [2.05, 4.69) is 0 Å². The van der Waals surface area contributed by atoms with Crippen LogP contribution in [0.25, 0.3) is 0 Å². The molecule has 15 heavy (non-hydrogen) atoms. The van der Waals surface area contributed by atoms with E-state index in [0.717, 1.165) is 0 Å². The van der Waals surface area contributed by atoms with Crippen molar-refractivity contribution in [1.82, 2.24) is 0 Å². The first kappa shape index (κ1) is 11.7. The van der Waals surface area contributed by atoms with Crippen molar-refractivity contribution in [2.24, 2.45) is 0 Å². The van der Waals surface area contributed by atoms with Crippen molar-refractivity contribution in [1.29, 1.82) is 0 Å². The zero-order valence-electron chi connectivity index (χ0n) is 8.73. The predicted octanol–water partition coefficient (Wildman–Crippen LogP) is 0.921. The van der Waals surface area contributed by atoms with Gasteiger partial charge in [0.25, 0.3) is 0 Å². The molecular weight excluding hydrogens is 200 g/mol. The maximum Gasteiger partial charge on any atom is 0.157 e. The molecule has 84 valence electrons. The maximum atomic E-state index is 10.7. The Morgan fingerprint density at radius 3 is 2.87 bits per heavy atom. The van der Waals surface area contributed by atoms with Crippen molar-refractivity contribution < 1.29 is 24.1 Å². The van der Waals surface area contributed by atoms with Crippen molar-refractivity contribution in [2.75, 3.05) is 21.0 Å². The van der Waals surface area contributed by atoms with Gasteiger partial charge in [0.2, 0.25) is 0 Å². The van der Waals surface area contributed by atoms with Crippen LogP contribution in [0.5, 0.6) is 0 Å². The van der Waals surface area contributed by atoms with Crippen LogP contribution in [0.2, 0.25) is 0 Å². The molecule has 1 aliphatic carbocycles. The molecular formula is C10H14O5. The molecule has 0 aromatic carbocycles. The van der Waals surface area contributed by atoms with E-state index in [0.29, 0.717) is 18.5 Å². The number of hydrogen-bond acceptors (Lipinski definition) is 5. The van der Waals surface area contributed by atoms with E-state index in [1.165, 1.54) is 20.3 Å². The summed E-state index contributed by atoms with van der Waals surface area (Å²) in [5, 5.41) is 9.51. The summed E-state index contributed by atoms with van der Waals surface area (Å²) in [4.78, 5) is 10.7. The minimum absolute atomic E-state index is 0.116. The van der Waals surface area contributed by atoms with Crippen molar-refractivity contribution in [3.63, 3.8) is 0 Å². The molecule has 1 N–H and O–H groups in total. The summed E-state index contributed by atoms with van der Waals surface area (Å²) in [6.07, 6.45) is 2.11. The van der Waals surface area contributed by atoms with E-state index in [1.807, 2.05) is 0 Å². The molecule has 0 radical (unpaired) electrons. The highest BCUT2D eigenvalue weighted by Gasteiger charge is 2.22. The lowest BCUT2D eigenvalue weighted by molar-refractivity contribution is -0.105. The third-order valence-corrected chi connectivity index (χ3v) is 2.07. The Morgan fingerprint density at radius 2 is 2.33 bits per heavy atom. The zero-order valence-corrected chi connectivity index (χ0v) is 8.73. The van der Waals surface area contributed by atoms with Crippen LogP contribution in [0.4, 0.5) is 0 Å². The van der Waals surface area contributed by atoms with Crippen molar-refractivity contribution in [3.05, 3.63) is 23.2 Å². The minimum atomic E-state index is -0.330. The van der Waals surface area contributed by atoms with Crippen LogP contribution < -0.4 is 0 Å². The first-order valence-corrected chi connectivity index (χ1v) is 4.47. The molecule has 0 aliphatic heterocycles. The van der Waals surface area contributed by atoms with E-state index in [9.17, 15) is 9.90 Å².